The van der Waals surface area contributed by atoms with Crippen molar-refractivity contribution in [1.29, 1.82) is 0 Å². The van der Waals surface area contributed by atoms with Gasteiger partial charge in [-0.1, -0.05) is 0 Å². The van der Waals surface area contributed by atoms with Gasteiger partial charge in [0.1, 0.15) is 11.5 Å². The van der Waals surface area contributed by atoms with Gasteiger partial charge in [0.15, 0.2) is 5.69 Å². The topological polar surface area (TPSA) is 68.7 Å². The summed E-state index contributed by atoms with van der Waals surface area (Å²) in [4.78, 5) is 15.5. The Kier molecular flexibility index (Phi) is 3.47. The molecule has 1 N–H and O–H groups in total. The molecule has 0 saturated heterocycles. The summed E-state index contributed by atoms with van der Waals surface area (Å²) in [6, 6.07) is 5.22. The predicted molar refractivity (Wildman–Crippen MR) is 67.6 cm³/mol. The number of benzene rings is 1. The minimum atomic E-state index is -1.06. The van der Waals surface area contributed by atoms with E-state index in [1.54, 1.807) is 25.3 Å². The summed E-state index contributed by atoms with van der Waals surface area (Å²) in [7, 11) is 3.09. The van der Waals surface area contributed by atoms with Crippen LogP contribution in [0.5, 0.6) is 11.5 Å². The number of ether oxygens (including phenoxy) is 2. The number of carboxylic acid groups (broad SMARTS) is 1. The Balaban J connectivity index is 2.61. The quantitative estimate of drug-likeness (QED) is 0.920. The molecular weight excluding hydrogens is 254 g/mol. The van der Waals surface area contributed by atoms with E-state index in [4.69, 9.17) is 14.6 Å². The highest BCUT2D eigenvalue weighted by Crippen LogP contribution is 2.37. The third kappa shape index (κ3) is 2.14. The highest BCUT2D eigenvalue weighted by Gasteiger charge is 2.18. The number of rotatable bonds is 4. The number of methoxy groups -OCH3 is 2. The first-order valence-corrected chi connectivity index (χ1v) is 5.94. The van der Waals surface area contributed by atoms with Crippen LogP contribution in [0.25, 0.3) is 10.4 Å². The Hall–Kier alpha value is -2.08. The fourth-order valence-electron chi connectivity index (χ4n) is 1.58. The molecule has 1 aromatic heterocycles. The predicted octanol–water partition coefficient (Wildman–Crippen LogP) is 2.53. The highest BCUT2D eigenvalue weighted by atomic mass is 32.1. The van der Waals surface area contributed by atoms with E-state index >= 15 is 0 Å². The summed E-state index contributed by atoms with van der Waals surface area (Å²) >= 11 is 1.25. The van der Waals surface area contributed by atoms with Crippen LogP contribution in [0.2, 0.25) is 0 Å². The number of nitrogens with zero attached hydrogens (tertiary/aromatic N) is 1. The van der Waals surface area contributed by atoms with Gasteiger partial charge in [-0.3, -0.25) is 0 Å². The number of hydrogen-bond acceptors (Lipinski definition) is 5. The third-order valence-electron chi connectivity index (χ3n) is 2.42. The van der Waals surface area contributed by atoms with Crippen LogP contribution in [0.15, 0.2) is 23.7 Å². The molecule has 0 radical (unpaired) electrons. The lowest BCUT2D eigenvalue weighted by Gasteiger charge is -2.09. The Morgan fingerprint density at radius 2 is 2.11 bits per heavy atom. The van der Waals surface area contributed by atoms with Crippen molar-refractivity contribution in [3.63, 3.8) is 0 Å². The van der Waals surface area contributed by atoms with Gasteiger partial charge in [0.05, 0.1) is 24.6 Å². The van der Waals surface area contributed by atoms with Crippen molar-refractivity contribution in [2.24, 2.45) is 0 Å². The lowest BCUT2D eigenvalue weighted by molar-refractivity contribution is 0.0692. The van der Waals surface area contributed by atoms with Crippen LogP contribution in [-0.4, -0.2) is 30.3 Å². The number of carboxylic acids is 1. The van der Waals surface area contributed by atoms with Crippen LogP contribution in [0.1, 0.15) is 10.5 Å². The smallest absolute Gasteiger partial charge is 0.356 e. The fourth-order valence-corrected chi connectivity index (χ4v) is 2.38. The zero-order valence-corrected chi connectivity index (χ0v) is 10.7. The van der Waals surface area contributed by atoms with Crippen molar-refractivity contribution in [2.75, 3.05) is 14.2 Å². The lowest BCUT2D eigenvalue weighted by atomic mass is 10.1. The maximum absolute atomic E-state index is 11.1. The monoisotopic (exact) mass is 265 g/mol. The van der Waals surface area contributed by atoms with E-state index in [9.17, 15) is 4.79 Å². The number of carbonyl (C=O) groups is 1. The first kappa shape index (κ1) is 12.4. The Labute approximate surface area is 108 Å². The van der Waals surface area contributed by atoms with Gasteiger partial charge in [-0.25, -0.2) is 9.78 Å². The van der Waals surface area contributed by atoms with Gasteiger partial charge in [0.2, 0.25) is 0 Å². The SMILES string of the molecule is COc1ccc(OC)c(-c2scnc2C(=O)O)c1. The Morgan fingerprint density at radius 3 is 2.72 bits per heavy atom. The summed E-state index contributed by atoms with van der Waals surface area (Å²) < 4.78 is 10.4. The molecule has 0 aliphatic rings. The molecule has 0 saturated carbocycles. The minimum Gasteiger partial charge on any atom is -0.497 e. The number of aromatic nitrogens is 1. The van der Waals surface area contributed by atoms with E-state index in [1.165, 1.54) is 24.0 Å². The fraction of sp³-hybridized carbons (Fsp3) is 0.167. The molecule has 0 aliphatic carbocycles. The van der Waals surface area contributed by atoms with Gasteiger partial charge in [-0.2, -0.15) is 0 Å². The summed E-state index contributed by atoms with van der Waals surface area (Å²) in [5, 5.41) is 9.08. The van der Waals surface area contributed by atoms with E-state index in [2.05, 4.69) is 4.98 Å². The van der Waals surface area contributed by atoms with Crippen LogP contribution in [0, 0.1) is 0 Å². The highest BCUT2D eigenvalue weighted by molar-refractivity contribution is 7.13. The average molecular weight is 265 g/mol. The van der Waals surface area contributed by atoms with E-state index in [1.807, 2.05) is 0 Å². The van der Waals surface area contributed by atoms with Crippen molar-refractivity contribution < 1.29 is 19.4 Å². The minimum absolute atomic E-state index is 0.0200. The molecule has 0 aliphatic heterocycles. The van der Waals surface area contributed by atoms with Gasteiger partial charge >= 0.3 is 5.97 Å². The van der Waals surface area contributed by atoms with Crippen LogP contribution >= 0.6 is 11.3 Å². The Bertz CT molecular complexity index is 579. The normalized spacial score (nSPS) is 10.1. The standard InChI is InChI=1S/C12H11NO4S/c1-16-7-3-4-9(17-2)8(5-7)11-10(12(14)15)13-6-18-11/h3-6H,1-2H3,(H,14,15). The molecule has 18 heavy (non-hydrogen) atoms. The number of thiazole rings is 1. The molecule has 2 rings (SSSR count). The molecule has 94 valence electrons. The molecule has 5 nitrogen and oxygen atoms in total. The van der Waals surface area contributed by atoms with Crippen molar-refractivity contribution in [3.8, 4) is 21.9 Å². The largest absolute Gasteiger partial charge is 0.497 e. The molecule has 0 atom stereocenters. The average Bonchev–Trinajstić information content (AvgIpc) is 2.87. The van der Waals surface area contributed by atoms with Crippen LogP contribution in [-0.2, 0) is 0 Å². The van der Waals surface area contributed by atoms with Crippen LogP contribution in [0.3, 0.4) is 0 Å². The first-order valence-electron chi connectivity index (χ1n) is 5.06. The zero-order chi connectivity index (χ0) is 13.1. The van der Waals surface area contributed by atoms with E-state index in [0.717, 1.165) is 0 Å². The first-order chi connectivity index (χ1) is 8.67. The second kappa shape index (κ2) is 5.05. The van der Waals surface area contributed by atoms with Gasteiger partial charge < -0.3 is 14.6 Å². The molecule has 0 amide bonds. The molecule has 1 aromatic carbocycles. The van der Waals surface area contributed by atoms with Crippen molar-refractivity contribution >= 4 is 17.3 Å². The van der Waals surface area contributed by atoms with Crippen molar-refractivity contribution in [3.05, 3.63) is 29.4 Å². The van der Waals surface area contributed by atoms with Gasteiger partial charge in [0.25, 0.3) is 0 Å². The van der Waals surface area contributed by atoms with E-state index in [-0.39, 0.29) is 5.69 Å². The Morgan fingerprint density at radius 1 is 1.33 bits per heavy atom. The molecule has 0 bridgehead atoms. The zero-order valence-electron chi connectivity index (χ0n) is 9.84. The van der Waals surface area contributed by atoms with Gasteiger partial charge in [-0.05, 0) is 18.2 Å². The molecule has 0 spiro atoms. The molecule has 6 heteroatoms. The maximum Gasteiger partial charge on any atom is 0.356 e. The summed E-state index contributed by atoms with van der Waals surface area (Å²) in [5.41, 5.74) is 2.18. The van der Waals surface area contributed by atoms with E-state index in [0.29, 0.717) is 21.9 Å². The van der Waals surface area contributed by atoms with Gasteiger partial charge in [-0.15, -0.1) is 11.3 Å². The van der Waals surface area contributed by atoms with Crippen LogP contribution in [0.4, 0.5) is 0 Å². The number of hydrogen-bond donors (Lipinski definition) is 1. The number of aromatic carboxylic acids is 1. The molecule has 0 unspecified atom stereocenters. The lowest BCUT2D eigenvalue weighted by Crippen LogP contribution is -1.99. The van der Waals surface area contributed by atoms with Gasteiger partial charge in [0, 0.05) is 5.56 Å². The molecule has 2 aromatic rings. The van der Waals surface area contributed by atoms with Crippen LogP contribution < -0.4 is 9.47 Å². The molecular formula is C12H11NO4S. The molecule has 1 heterocycles. The van der Waals surface area contributed by atoms with E-state index < -0.39 is 5.97 Å². The second-order valence-electron chi connectivity index (χ2n) is 3.40. The molecule has 0 fully saturated rings. The summed E-state index contributed by atoms with van der Waals surface area (Å²) in [6.45, 7) is 0. The third-order valence-corrected chi connectivity index (χ3v) is 3.28. The summed E-state index contributed by atoms with van der Waals surface area (Å²) in [5.74, 6) is 0.161. The van der Waals surface area contributed by atoms with Crippen molar-refractivity contribution in [2.45, 2.75) is 0 Å². The second-order valence-corrected chi connectivity index (χ2v) is 4.26. The maximum atomic E-state index is 11.1. The van der Waals surface area contributed by atoms with Crippen molar-refractivity contribution in [1.82, 2.24) is 4.98 Å². The summed E-state index contributed by atoms with van der Waals surface area (Å²) in [6.07, 6.45) is 0.